The molecule has 1 saturated heterocycles. The summed E-state index contributed by atoms with van der Waals surface area (Å²) in [7, 11) is -3.55. The average Bonchev–Trinajstić information content (AvgIpc) is 3.04. The van der Waals surface area contributed by atoms with Gasteiger partial charge in [0.05, 0.1) is 4.90 Å². The molecular weight excluding hydrogens is 386 g/mol. The normalized spacial score (nSPS) is 19.2. The number of amides is 1. The Hall–Kier alpha value is -2.51. The molecule has 1 spiro atoms. The van der Waals surface area contributed by atoms with Crippen LogP contribution in [0.15, 0.2) is 58.4 Å². The van der Waals surface area contributed by atoms with Crippen LogP contribution in [0.4, 0.5) is 0 Å². The lowest BCUT2D eigenvalue weighted by molar-refractivity contribution is -0.115. The zero-order valence-corrected chi connectivity index (χ0v) is 17.5. The highest BCUT2D eigenvalue weighted by Gasteiger charge is 2.44. The van der Waals surface area contributed by atoms with Crippen LogP contribution in [0.3, 0.4) is 0 Å². The third-order valence-electron chi connectivity index (χ3n) is 5.73. The van der Waals surface area contributed by atoms with Gasteiger partial charge in [-0.25, -0.2) is 8.42 Å². The molecule has 0 bridgehead atoms. The minimum absolute atomic E-state index is 0.194. The molecule has 2 aromatic carbocycles. The summed E-state index contributed by atoms with van der Waals surface area (Å²) < 4.78 is 27.4. The number of nitrogens with one attached hydrogen (secondary N) is 1. The monoisotopic (exact) mass is 411 g/mol. The van der Waals surface area contributed by atoms with E-state index >= 15 is 0 Å². The molecule has 1 N–H and O–H groups in total. The van der Waals surface area contributed by atoms with E-state index in [2.05, 4.69) is 5.32 Å². The van der Waals surface area contributed by atoms with Crippen LogP contribution in [0, 0.1) is 6.92 Å². The minimum atomic E-state index is -3.55. The van der Waals surface area contributed by atoms with E-state index < -0.39 is 15.7 Å². The number of hydrogen-bond acceptors (Lipinski definition) is 4. The van der Waals surface area contributed by atoms with E-state index in [0.29, 0.717) is 36.5 Å². The van der Waals surface area contributed by atoms with Gasteiger partial charge in [-0.05, 0) is 31.0 Å². The van der Waals surface area contributed by atoms with Gasteiger partial charge in [0.15, 0.2) is 0 Å². The molecule has 4 rings (SSSR count). The van der Waals surface area contributed by atoms with Crippen LogP contribution in [0.2, 0.25) is 0 Å². The average molecular weight is 412 g/mol. The van der Waals surface area contributed by atoms with Gasteiger partial charge < -0.3 is 5.32 Å². The Kier molecular flexibility index (Phi) is 5.04. The molecule has 2 aromatic rings. The Morgan fingerprint density at radius 2 is 1.66 bits per heavy atom. The Bertz CT molecular complexity index is 1050. The van der Waals surface area contributed by atoms with Crippen molar-refractivity contribution in [2.45, 2.75) is 43.7 Å². The van der Waals surface area contributed by atoms with E-state index in [1.54, 1.807) is 12.1 Å². The third kappa shape index (κ3) is 3.72. The first-order valence-electron chi connectivity index (χ1n) is 9.91. The topological polar surface area (TPSA) is 78.8 Å². The van der Waals surface area contributed by atoms with E-state index in [9.17, 15) is 13.2 Å². The number of sulfonamides is 1. The standard InChI is InChI=1S/C22H25N3O3S/c1-3-17-6-10-19(11-7-17)29(27,28)25-14-12-22(13-15-25)23-20(21(26)24-22)18-8-4-16(2)5-9-18/h4-11H,3,12-15H2,1-2H3,(H,24,26). The molecule has 7 heteroatoms. The molecule has 0 saturated carbocycles. The lowest BCUT2D eigenvalue weighted by Crippen LogP contribution is -2.52. The van der Waals surface area contributed by atoms with E-state index in [0.717, 1.165) is 23.1 Å². The quantitative estimate of drug-likeness (QED) is 0.840. The first kappa shape index (κ1) is 19.8. The molecule has 1 amide bonds. The number of aliphatic imine (C=N–C) groups is 1. The van der Waals surface area contributed by atoms with Crippen LogP contribution in [-0.2, 0) is 21.2 Å². The van der Waals surface area contributed by atoms with Crippen molar-refractivity contribution in [3.63, 3.8) is 0 Å². The van der Waals surface area contributed by atoms with E-state index in [4.69, 9.17) is 4.99 Å². The lowest BCUT2D eigenvalue weighted by Gasteiger charge is -2.36. The summed E-state index contributed by atoms with van der Waals surface area (Å²) in [4.78, 5) is 17.5. The van der Waals surface area contributed by atoms with Crippen molar-refractivity contribution < 1.29 is 13.2 Å². The van der Waals surface area contributed by atoms with Gasteiger partial charge in [0.2, 0.25) is 10.0 Å². The predicted octanol–water partition coefficient (Wildman–Crippen LogP) is 2.66. The van der Waals surface area contributed by atoms with Crippen molar-refractivity contribution >= 4 is 21.6 Å². The fourth-order valence-electron chi connectivity index (χ4n) is 3.85. The summed E-state index contributed by atoms with van der Waals surface area (Å²) in [5.41, 5.74) is 2.73. The van der Waals surface area contributed by atoms with Gasteiger partial charge in [-0.15, -0.1) is 0 Å². The van der Waals surface area contributed by atoms with Gasteiger partial charge in [0, 0.05) is 31.5 Å². The van der Waals surface area contributed by atoms with Crippen molar-refractivity contribution in [3.8, 4) is 0 Å². The second-order valence-electron chi connectivity index (χ2n) is 7.71. The Morgan fingerprint density at radius 3 is 2.24 bits per heavy atom. The fraction of sp³-hybridized carbons (Fsp3) is 0.364. The largest absolute Gasteiger partial charge is 0.326 e. The zero-order valence-electron chi connectivity index (χ0n) is 16.7. The van der Waals surface area contributed by atoms with Crippen molar-refractivity contribution in [2.24, 2.45) is 4.99 Å². The molecule has 6 nitrogen and oxygen atoms in total. The number of rotatable bonds is 4. The number of aryl methyl sites for hydroxylation is 2. The number of carbonyl (C=O) groups excluding carboxylic acids is 1. The molecule has 2 heterocycles. The molecule has 29 heavy (non-hydrogen) atoms. The van der Waals surface area contributed by atoms with Gasteiger partial charge in [-0.2, -0.15) is 4.31 Å². The Balaban J connectivity index is 1.51. The molecular formula is C22H25N3O3S. The van der Waals surface area contributed by atoms with Crippen LogP contribution in [-0.4, -0.2) is 43.1 Å². The van der Waals surface area contributed by atoms with Crippen LogP contribution in [0.5, 0.6) is 0 Å². The first-order chi connectivity index (χ1) is 13.8. The van der Waals surface area contributed by atoms with E-state index in [1.165, 1.54) is 4.31 Å². The summed E-state index contributed by atoms with van der Waals surface area (Å²) in [5, 5.41) is 3.00. The first-order valence-corrected chi connectivity index (χ1v) is 11.4. The molecule has 0 aliphatic carbocycles. The Morgan fingerprint density at radius 1 is 1.03 bits per heavy atom. The minimum Gasteiger partial charge on any atom is -0.326 e. The molecule has 0 atom stereocenters. The van der Waals surface area contributed by atoms with Crippen molar-refractivity contribution in [1.29, 1.82) is 0 Å². The summed E-state index contributed by atoms with van der Waals surface area (Å²) in [6, 6.07) is 14.7. The summed E-state index contributed by atoms with van der Waals surface area (Å²) in [6.07, 6.45) is 1.79. The van der Waals surface area contributed by atoms with Crippen molar-refractivity contribution in [2.75, 3.05) is 13.1 Å². The number of carbonyl (C=O) groups is 1. The Labute approximate surface area is 171 Å². The van der Waals surface area contributed by atoms with Crippen LogP contribution in [0.25, 0.3) is 0 Å². The number of piperidine rings is 1. The molecule has 0 aromatic heterocycles. The van der Waals surface area contributed by atoms with E-state index in [-0.39, 0.29) is 5.91 Å². The zero-order chi connectivity index (χ0) is 20.6. The smallest absolute Gasteiger partial charge is 0.272 e. The van der Waals surface area contributed by atoms with Crippen LogP contribution < -0.4 is 5.32 Å². The van der Waals surface area contributed by atoms with Crippen LogP contribution >= 0.6 is 0 Å². The highest BCUT2D eigenvalue weighted by atomic mass is 32.2. The van der Waals surface area contributed by atoms with Gasteiger partial charge in [0.1, 0.15) is 11.4 Å². The molecule has 152 valence electrons. The number of benzene rings is 2. The maximum absolute atomic E-state index is 13.0. The van der Waals surface area contributed by atoms with Gasteiger partial charge in [-0.1, -0.05) is 48.9 Å². The molecule has 0 unspecified atom stereocenters. The van der Waals surface area contributed by atoms with Gasteiger partial charge in [-0.3, -0.25) is 9.79 Å². The highest BCUT2D eigenvalue weighted by Crippen LogP contribution is 2.31. The second kappa shape index (κ2) is 7.39. The summed E-state index contributed by atoms with van der Waals surface area (Å²) in [5.74, 6) is -0.194. The summed E-state index contributed by atoms with van der Waals surface area (Å²) >= 11 is 0. The number of nitrogens with zero attached hydrogens (tertiary/aromatic N) is 2. The maximum Gasteiger partial charge on any atom is 0.272 e. The maximum atomic E-state index is 13.0. The lowest BCUT2D eigenvalue weighted by atomic mass is 10.00. The third-order valence-corrected chi connectivity index (χ3v) is 7.64. The van der Waals surface area contributed by atoms with Crippen molar-refractivity contribution in [3.05, 3.63) is 65.2 Å². The molecule has 0 radical (unpaired) electrons. The molecule has 1 fully saturated rings. The number of hydrogen-bond donors (Lipinski definition) is 1. The highest BCUT2D eigenvalue weighted by molar-refractivity contribution is 7.89. The molecule has 2 aliphatic rings. The van der Waals surface area contributed by atoms with Gasteiger partial charge in [0.25, 0.3) is 5.91 Å². The predicted molar refractivity (Wildman–Crippen MR) is 112 cm³/mol. The SMILES string of the molecule is CCc1ccc(S(=O)(=O)N2CCC3(CC2)N=C(c2ccc(C)cc2)C(=O)N3)cc1. The van der Waals surface area contributed by atoms with E-state index in [1.807, 2.05) is 50.2 Å². The van der Waals surface area contributed by atoms with Crippen molar-refractivity contribution in [1.82, 2.24) is 9.62 Å². The fourth-order valence-corrected chi connectivity index (χ4v) is 5.29. The van der Waals surface area contributed by atoms with Gasteiger partial charge >= 0.3 is 0 Å². The molecule has 2 aliphatic heterocycles. The summed E-state index contributed by atoms with van der Waals surface area (Å²) in [6.45, 7) is 4.67. The second-order valence-corrected chi connectivity index (χ2v) is 9.65. The van der Waals surface area contributed by atoms with Crippen LogP contribution in [0.1, 0.15) is 36.5 Å².